The maximum Gasteiger partial charge on any atom is 0.353 e. The molecule has 0 bridgehead atoms. The van der Waals surface area contributed by atoms with E-state index in [2.05, 4.69) is 9.68 Å². The second kappa shape index (κ2) is 2.27. The zero-order valence-corrected chi connectivity index (χ0v) is 4.29. The summed E-state index contributed by atoms with van der Waals surface area (Å²) >= 11 is 0. The lowest BCUT2D eigenvalue weighted by Crippen LogP contribution is -2.18. The molecule has 0 saturated heterocycles. The zero-order chi connectivity index (χ0) is 6.69. The minimum atomic E-state index is -0.666. The smallest absolute Gasteiger partial charge is 0.331 e. The number of hydrogen-bond acceptors (Lipinski definition) is 5. The van der Waals surface area contributed by atoms with Crippen LogP contribution in [0, 0.1) is 0 Å². The van der Waals surface area contributed by atoms with E-state index in [1.165, 1.54) is 0 Å². The minimum Gasteiger partial charge on any atom is -0.331 e. The molecule has 1 aliphatic rings. The van der Waals surface area contributed by atoms with Crippen molar-refractivity contribution in [2.75, 3.05) is 0 Å². The second-order valence-electron chi connectivity index (χ2n) is 1.26. The highest BCUT2D eigenvalue weighted by molar-refractivity contribution is 5.92. The van der Waals surface area contributed by atoms with Gasteiger partial charge in [-0.2, -0.15) is 0 Å². The largest absolute Gasteiger partial charge is 0.353 e. The third-order valence-corrected chi connectivity index (χ3v) is 0.640. The molecule has 0 fully saturated rings. The van der Waals surface area contributed by atoms with Gasteiger partial charge in [0.15, 0.2) is 0 Å². The molecule has 0 aromatic rings. The summed E-state index contributed by atoms with van der Waals surface area (Å²) in [7, 11) is 0. The van der Waals surface area contributed by atoms with Crippen LogP contribution in [0.2, 0.25) is 0 Å². The molecule has 1 N–H and O–H groups in total. The van der Waals surface area contributed by atoms with Crippen LogP contribution >= 0.6 is 0 Å². The molecular formula is C4H3NO4. The topological polar surface area (TPSA) is 64.6 Å². The molecule has 0 atom stereocenters. The molecule has 1 heterocycles. The summed E-state index contributed by atoms with van der Waals surface area (Å²) < 4.78 is 0. The van der Waals surface area contributed by atoms with Gasteiger partial charge in [-0.25, -0.2) is 9.59 Å². The van der Waals surface area contributed by atoms with Gasteiger partial charge in [0.05, 0.1) is 0 Å². The monoisotopic (exact) mass is 129 g/mol. The maximum absolute atomic E-state index is 10.2. The van der Waals surface area contributed by atoms with Crippen LogP contribution in [0.25, 0.3) is 0 Å². The fourth-order valence-electron chi connectivity index (χ4n) is 0.307. The Balaban J connectivity index is 2.63. The first-order valence-electron chi connectivity index (χ1n) is 2.14. The molecule has 48 valence electrons. The van der Waals surface area contributed by atoms with Gasteiger partial charge in [-0.1, -0.05) is 0 Å². The quantitative estimate of drug-likeness (QED) is 0.457. The van der Waals surface area contributed by atoms with Gasteiger partial charge in [-0.3, -0.25) is 0 Å². The van der Waals surface area contributed by atoms with Crippen LogP contribution in [0.5, 0.6) is 0 Å². The summed E-state index contributed by atoms with van der Waals surface area (Å²) in [4.78, 5) is 28.6. The minimum absolute atomic E-state index is 0.666. The molecular weight excluding hydrogens is 126 g/mol. The van der Waals surface area contributed by atoms with E-state index >= 15 is 0 Å². The summed E-state index contributed by atoms with van der Waals surface area (Å²) in [5, 5.41) is 0. The molecule has 0 unspecified atom stereocenters. The molecule has 1 rings (SSSR count). The summed E-state index contributed by atoms with van der Waals surface area (Å²) in [6.45, 7) is 0. The fraction of sp³-hybridized carbons (Fsp3) is 0. The number of rotatable bonds is 0. The van der Waals surface area contributed by atoms with Crippen LogP contribution in [0.4, 0.5) is 0 Å². The summed E-state index contributed by atoms with van der Waals surface area (Å²) in [6.07, 6.45) is 1.92. The van der Waals surface area contributed by atoms with Gasteiger partial charge < -0.3 is 9.68 Å². The normalized spacial score (nSPS) is 18.2. The van der Waals surface area contributed by atoms with Crippen molar-refractivity contribution >= 4 is 11.9 Å². The highest BCUT2D eigenvalue weighted by Gasteiger charge is 2.06. The molecule has 0 aromatic carbocycles. The average molecular weight is 129 g/mol. The Labute approximate surface area is 50.1 Å². The van der Waals surface area contributed by atoms with Gasteiger partial charge in [0.1, 0.15) is 0 Å². The van der Waals surface area contributed by atoms with Crippen molar-refractivity contribution < 1.29 is 19.3 Å². The number of hydrogen-bond donors (Lipinski definition) is 1. The van der Waals surface area contributed by atoms with E-state index in [0.717, 1.165) is 12.2 Å². The van der Waals surface area contributed by atoms with E-state index in [4.69, 9.17) is 0 Å². The molecule has 1 aliphatic heterocycles. The van der Waals surface area contributed by atoms with Crippen molar-refractivity contribution in [1.82, 2.24) is 5.64 Å². The first-order valence-corrected chi connectivity index (χ1v) is 2.14. The Morgan fingerprint density at radius 3 is 2.00 bits per heavy atom. The summed E-state index contributed by atoms with van der Waals surface area (Å²) in [6, 6.07) is 0. The lowest BCUT2D eigenvalue weighted by molar-refractivity contribution is -0.188. The van der Waals surface area contributed by atoms with Crippen LogP contribution < -0.4 is 5.64 Å². The molecule has 9 heavy (non-hydrogen) atoms. The van der Waals surface area contributed by atoms with Crippen molar-refractivity contribution in [3.8, 4) is 0 Å². The van der Waals surface area contributed by atoms with Gasteiger partial charge in [-0.15, -0.1) is 0 Å². The highest BCUT2D eigenvalue weighted by Crippen LogP contribution is 1.86. The van der Waals surface area contributed by atoms with Crippen LogP contribution in [-0.4, -0.2) is 11.9 Å². The van der Waals surface area contributed by atoms with E-state index in [1.807, 2.05) is 0 Å². The molecule has 0 spiro atoms. The maximum atomic E-state index is 10.2. The number of carbonyl (C=O) groups excluding carboxylic acids is 2. The van der Waals surface area contributed by atoms with Gasteiger partial charge in [0.25, 0.3) is 0 Å². The fourth-order valence-corrected chi connectivity index (χ4v) is 0.307. The molecule has 0 saturated carbocycles. The van der Waals surface area contributed by atoms with Crippen molar-refractivity contribution in [1.29, 1.82) is 0 Å². The van der Waals surface area contributed by atoms with E-state index in [9.17, 15) is 9.59 Å². The van der Waals surface area contributed by atoms with Crippen LogP contribution in [0.3, 0.4) is 0 Å². The molecule has 0 amide bonds. The van der Waals surface area contributed by atoms with E-state index in [0.29, 0.717) is 0 Å². The predicted octanol–water partition coefficient (Wildman–Crippen LogP) is -0.938. The van der Waals surface area contributed by atoms with Crippen molar-refractivity contribution in [3.63, 3.8) is 0 Å². The van der Waals surface area contributed by atoms with Crippen molar-refractivity contribution in [2.24, 2.45) is 0 Å². The molecule has 0 radical (unpaired) electrons. The second-order valence-corrected chi connectivity index (χ2v) is 1.26. The van der Waals surface area contributed by atoms with Gasteiger partial charge in [-0.05, 0) is 0 Å². The average Bonchev–Trinajstić information content (AvgIpc) is 1.97. The third-order valence-electron chi connectivity index (χ3n) is 0.640. The lowest BCUT2D eigenvalue weighted by Gasteiger charge is -1.95. The van der Waals surface area contributed by atoms with E-state index in [-0.39, 0.29) is 0 Å². The van der Waals surface area contributed by atoms with Crippen molar-refractivity contribution in [3.05, 3.63) is 12.2 Å². The van der Waals surface area contributed by atoms with Crippen LogP contribution in [-0.2, 0) is 19.3 Å². The van der Waals surface area contributed by atoms with E-state index < -0.39 is 11.9 Å². The molecule has 5 heteroatoms. The first-order chi connectivity index (χ1) is 4.29. The Bertz CT molecular complexity index is 155. The predicted molar refractivity (Wildman–Crippen MR) is 24.5 cm³/mol. The Morgan fingerprint density at radius 1 is 1.11 bits per heavy atom. The number of nitrogens with one attached hydrogen (secondary N) is 1. The van der Waals surface area contributed by atoms with Crippen LogP contribution in [0.1, 0.15) is 0 Å². The summed E-state index contributed by atoms with van der Waals surface area (Å²) in [5.74, 6) is -1.33. The zero-order valence-electron chi connectivity index (χ0n) is 4.29. The van der Waals surface area contributed by atoms with Gasteiger partial charge in [0, 0.05) is 17.8 Å². The Hall–Kier alpha value is -1.36. The SMILES string of the molecule is O=C1C=CC(=O)ONO1. The summed E-state index contributed by atoms with van der Waals surface area (Å²) in [5.41, 5.74) is 1.69. The van der Waals surface area contributed by atoms with E-state index in [1.54, 1.807) is 5.64 Å². The van der Waals surface area contributed by atoms with Gasteiger partial charge in [0.2, 0.25) is 0 Å². The molecule has 0 aliphatic carbocycles. The van der Waals surface area contributed by atoms with Gasteiger partial charge >= 0.3 is 11.9 Å². The number of carbonyl (C=O) groups is 2. The Kier molecular flexibility index (Phi) is 1.46. The third kappa shape index (κ3) is 1.54. The molecule has 0 aromatic heterocycles. The lowest BCUT2D eigenvalue weighted by atomic mass is 10.5. The first kappa shape index (κ1) is 5.77. The Morgan fingerprint density at radius 2 is 1.56 bits per heavy atom. The van der Waals surface area contributed by atoms with Crippen molar-refractivity contribution in [2.45, 2.75) is 0 Å². The standard InChI is InChI=1S/C4H3NO4/c6-3-1-2-4(7)9-5-8-3/h1-2,5H. The van der Waals surface area contributed by atoms with Crippen LogP contribution in [0.15, 0.2) is 12.2 Å². The molecule has 5 nitrogen and oxygen atoms in total. The highest BCUT2D eigenvalue weighted by atomic mass is 16.9.